The Bertz CT molecular complexity index is 1840. The van der Waals surface area contributed by atoms with Gasteiger partial charge in [0.1, 0.15) is 6.54 Å². The molecule has 0 amide bonds. The summed E-state index contributed by atoms with van der Waals surface area (Å²) in [5.41, 5.74) is 5.49. The highest BCUT2D eigenvalue weighted by molar-refractivity contribution is 7.86. The molecule has 1 unspecified atom stereocenters. The van der Waals surface area contributed by atoms with Crippen molar-refractivity contribution in [3.05, 3.63) is 95.7 Å². The second kappa shape index (κ2) is 15.3. The number of hydrogen-bond donors (Lipinski definition) is 3. The molecule has 2 aromatic rings. The SMILES string of the molecule is CC1(C)C(/C=C/C=C/C=C2\N(CCCS(=O)(=O)O)c3ccccc3C2(C)CCCCCC(=O)O)=[N+](CCCS(=O)(=O)O)c2ccccc21. The molecule has 260 valence electrons. The Morgan fingerprint density at radius 1 is 0.812 bits per heavy atom. The van der Waals surface area contributed by atoms with Crippen LogP contribution in [0.3, 0.4) is 0 Å². The molecule has 0 saturated heterocycles. The number of aliphatic carboxylic acids is 1. The predicted octanol–water partition coefficient (Wildman–Crippen LogP) is 6.43. The lowest BCUT2D eigenvalue weighted by Crippen LogP contribution is -2.30. The molecule has 2 aromatic carbocycles. The van der Waals surface area contributed by atoms with Gasteiger partial charge >= 0.3 is 5.97 Å². The third-order valence-electron chi connectivity index (χ3n) is 9.31. The fourth-order valence-corrected chi connectivity index (χ4v) is 7.99. The molecule has 3 N–H and O–H groups in total. The average Bonchev–Trinajstić information content (AvgIpc) is 3.35. The second-order valence-corrected chi connectivity index (χ2v) is 16.4. The third kappa shape index (κ3) is 9.10. The monoisotopic (exact) mass is 699 g/mol. The van der Waals surface area contributed by atoms with Crippen molar-refractivity contribution < 1.29 is 40.4 Å². The molecule has 12 heteroatoms. The predicted molar refractivity (Wildman–Crippen MR) is 190 cm³/mol. The van der Waals surface area contributed by atoms with Crippen LogP contribution in [-0.4, -0.2) is 71.9 Å². The topological polar surface area (TPSA) is 152 Å². The Hall–Kier alpha value is -3.58. The number of carboxylic acid groups (broad SMARTS) is 1. The number of rotatable bonds is 17. The van der Waals surface area contributed by atoms with E-state index in [0.29, 0.717) is 19.5 Å². The number of carboxylic acids is 1. The van der Waals surface area contributed by atoms with Crippen LogP contribution in [-0.2, 0) is 35.9 Å². The number of anilines is 1. The molecular formula is C36H47N2O8S2+. The molecule has 0 spiro atoms. The quantitative estimate of drug-likeness (QED) is 0.0734. The van der Waals surface area contributed by atoms with Gasteiger partial charge in [-0.1, -0.05) is 67.5 Å². The highest BCUT2D eigenvalue weighted by atomic mass is 32.2. The van der Waals surface area contributed by atoms with E-state index >= 15 is 0 Å². The minimum atomic E-state index is -4.11. The van der Waals surface area contributed by atoms with Gasteiger partial charge in [-0.3, -0.25) is 13.9 Å². The van der Waals surface area contributed by atoms with Crippen LogP contribution >= 0.6 is 0 Å². The van der Waals surface area contributed by atoms with Crippen LogP contribution in [0.1, 0.15) is 76.8 Å². The van der Waals surface area contributed by atoms with Crippen molar-refractivity contribution in [3.8, 4) is 0 Å². The van der Waals surface area contributed by atoms with Gasteiger partial charge < -0.3 is 10.0 Å². The Morgan fingerprint density at radius 2 is 1.46 bits per heavy atom. The summed E-state index contributed by atoms with van der Waals surface area (Å²) in [6, 6.07) is 16.1. The molecule has 10 nitrogen and oxygen atoms in total. The van der Waals surface area contributed by atoms with E-state index in [1.807, 2.05) is 66.8 Å². The van der Waals surface area contributed by atoms with E-state index in [9.17, 15) is 30.7 Å². The molecule has 0 fully saturated rings. The van der Waals surface area contributed by atoms with E-state index < -0.39 is 31.6 Å². The van der Waals surface area contributed by atoms with Crippen molar-refractivity contribution in [1.29, 1.82) is 0 Å². The van der Waals surface area contributed by atoms with Crippen molar-refractivity contribution >= 4 is 43.3 Å². The van der Waals surface area contributed by atoms with Gasteiger partial charge in [-0.25, -0.2) is 0 Å². The summed E-state index contributed by atoms with van der Waals surface area (Å²) in [5, 5.41) is 9.06. The van der Waals surface area contributed by atoms with Gasteiger partial charge in [-0.2, -0.15) is 21.4 Å². The van der Waals surface area contributed by atoms with Crippen molar-refractivity contribution in [2.45, 2.75) is 76.5 Å². The number of para-hydroxylation sites is 2. The zero-order valence-electron chi connectivity index (χ0n) is 27.9. The molecule has 48 heavy (non-hydrogen) atoms. The van der Waals surface area contributed by atoms with Crippen molar-refractivity contribution in [2.24, 2.45) is 0 Å². The number of fused-ring (bicyclic) bond motifs is 2. The zero-order valence-corrected chi connectivity index (χ0v) is 29.5. The molecule has 0 aliphatic carbocycles. The Morgan fingerprint density at radius 3 is 2.15 bits per heavy atom. The first-order valence-electron chi connectivity index (χ1n) is 16.3. The Balaban J connectivity index is 1.64. The molecule has 0 aromatic heterocycles. The van der Waals surface area contributed by atoms with Crippen LogP contribution in [0, 0.1) is 0 Å². The molecule has 0 radical (unpaired) electrons. The van der Waals surface area contributed by atoms with Crippen LogP contribution in [0.4, 0.5) is 11.4 Å². The fraction of sp³-hybridized carbons (Fsp3) is 0.444. The Kier molecular flexibility index (Phi) is 11.9. The van der Waals surface area contributed by atoms with E-state index in [0.717, 1.165) is 53.2 Å². The van der Waals surface area contributed by atoms with E-state index in [4.69, 9.17) is 5.11 Å². The molecular weight excluding hydrogens is 653 g/mol. The molecule has 2 aliphatic heterocycles. The van der Waals surface area contributed by atoms with Gasteiger partial charge in [0, 0.05) is 53.9 Å². The second-order valence-electron chi connectivity index (χ2n) is 13.2. The highest BCUT2D eigenvalue weighted by Gasteiger charge is 2.44. The minimum Gasteiger partial charge on any atom is -0.481 e. The van der Waals surface area contributed by atoms with E-state index in [1.165, 1.54) is 0 Å². The van der Waals surface area contributed by atoms with Crippen molar-refractivity contribution in [3.63, 3.8) is 0 Å². The normalized spacial score (nSPS) is 19.9. The molecule has 1 atom stereocenters. The number of nitrogens with zero attached hydrogens (tertiary/aromatic N) is 2. The van der Waals surface area contributed by atoms with E-state index in [1.54, 1.807) is 0 Å². The summed E-state index contributed by atoms with van der Waals surface area (Å²) in [4.78, 5) is 13.2. The standard InChI is InChI=1S/C36H46N2O8S2/c1-35(2)28-16-9-11-18-30(28)37(24-14-26-47(41,42)43)32(35)20-6-4-7-21-33-36(3,23-13-5-8-22-34(39)40)29-17-10-12-19-31(29)38(33)25-15-27-48(44,45)46/h4,6-7,9-12,16-21H,5,8,13-15,22-27H2,1-3H3,(H2-,39,40,41,42,43,44,45,46)/p+1. The lowest BCUT2D eigenvalue weighted by molar-refractivity contribution is -0.437. The summed E-state index contributed by atoms with van der Waals surface area (Å²) >= 11 is 0. The summed E-state index contributed by atoms with van der Waals surface area (Å²) < 4.78 is 66.6. The summed E-state index contributed by atoms with van der Waals surface area (Å²) in [5.74, 6) is -1.47. The van der Waals surface area contributed by atoms with E-state index in [2.05, 4.69) is 42.4 Å². The molecule has 0 bridgehead atoms. The average molecular weight is 700 g/mol. The fourth-order valence-electron chi connectivity index (χ4n) is 7.00. The van der Waals surface area contributed by atoms with Crippen LogP contribution in [0.15, 0.2) is 84.6 Å². The first kappa shape index (κ1) is 37.2. The number of unbranched alkanes of at least 4 members (excludes halogenated alkanes) is 2. The first-order chi connectivity index (χ1) is 22.5. The third-order valence-corrected chi connectivity index (χ3v) is 10.9. The van der Waals surface area contributed by atoms with Gasteiger partial charge in [-0.15, -0.1) is 0 Å². The zero-order chi connectivity index (χ0) is 35.2. The van der Waals surface area contributed by atoms with Crippen molar-refractivity contribution in [2.75, 3.05) is 29.5 Å². The molecule has 4 rings (SSSR count). The van der Waals surface area contributed by atoms with Crippen LogP contribution in [0.25, 0.3) is 0 Å². The maximum atomic E-state index is 11.5. The lowest BCUT2D eigenvalue weighted by atomic mass is 9.77. The summed E-state index contributed by atoms with van der Waals surface area (Å²) in [6.07, 6.45) is 13.5. The maximum absolute atomic E-state index is 11.5. The number of allylic oxidation sites excluding steroid dienone is 6. The van der Waals surface area contributed by atoms with Gasteiger partial charge in [0.25, 0.3) is 20.2 Å². The van der Waals surface area contributed by atoms with Crippen LogP contribution in [0.2, 0.25) is 0 Å². The van der Waals surface area contributed by atoms with Crippen LogP contribution in [0.5, 0.6) is 0 Å². The van der Waals surface area contributed by atoms with Gasteiger partial charge in [0.05, 0.1) is 16.9 Å². The van der Waals surface area contributed by atoms with Gasteiger partial charge in [0.2, 0.25) is 5.69 Å². The number of hydrogen-bond acceptors (Lipinski definition) is 6. The van der Waals surface area contributed by atoms with E-state index in [-0.39, 0.29) is 36.2 Å². The summed E-state index contributed by atoms with van der Waals surface area (Å²) in [7, 11) is -8.19. The summed E-state index contributed by atoms with van der Waals surface area (Å²) in [6.45, 7) is 7.24. The van der Waals surface area contributed by atoms with Crippen LogP contribution < -0.4 is 4.90 Å². The largest absolute Gasteiger partial charge is 0.481 e. The maximum Gasteiger partial charge on any atom is 0.303 e. The number of carbonyl (C=O) groups is 1. The minimum absolute atomic E-state index is 0.131. The molecule has 0 saturated carbocycles. The first-order valence-corrected chi connectivity index (χ1v) is 19.6. The molecule has 2 heterocycles. The van der Waals surface area contributed by atoms with Gasteiger partial charge in [0.15, 0.2) is 5.71 Å². The van der Waals surface area contributed by atoms with Crippen molar-refractivity contribution in [1.82, 2.24) is 0 Å². The Labute approximate surface area is 284 Å². The highest BCUT2D eigenvalue weighted by Crippen LogP contribution is 2.50. The molecule has 2 aliphatic rings. The smallest absolute Gasteiger partial charge is 0.303 e. The van der Waals surface area contributed by atoms with Gasteiger partial charge in [-0.05, 0) is 57.7 Å². The number of benzene rings is 2. The lowest BCUT2D eigenvalue weighted by Gasteiger charge is -2.30.